The molecule has 3 aromatic rings. The van der Waals surface area contributed by atoms with Crippen molar-refractivity contribution in [3.05, 3.63) is 74.5 Å². The summed E-state index contributed by atoms with van der Waals surface area (Å²) in [5, 5.41) is 0. The van der Waals surface area contributed by atoms with Gasteiger partial charge in [0.1, 0.15) is 6.61 Å². The largest absolute Gasteiger partial charge is 0.493 e. The molecule has 0 spiro atoms. The maximum atomic E-state index is 13.0. The zero-order chi connectivity index (χ0) is 26.4. The molecule has 7 nitrogen and oxygen atoms in total. The standard InChI is InChI=1S/C28H30BrNO6/c1-7-34-27(31)23-17(4)30-18(5)24(28(32)35-8-2)25(23)20-13-21(29)26(22(14-20)33-6)36-15-19-11-9-10-16(3)12-19/h9-14H,7-8,15H2,1-6H3. The Balaban J connectivity index is 2.19. The lowest BCUT2D eigenvalue weighted by molar-refractivity contribution is 0.0525. The highest BCUT2D eigenvalue weighted by atomic mass is 79.9. The Morgan fingerprint density at radius 2 is 1.53 bits per heavy atom. The number of carbonyl (C=O) groups is 2. The normalized spacial score (nSPS) is 10.6. The molecule has 1 aromatic heterocycles. The maximum Gasteiger partial charge on any atom is 0.340 e. The molecule has 0 saturated carbocycles. The van der Waals surface area contributed by atoms with Gasteiger partial charge >= 0.3 is 11.9 Å². The van der Waals surface area contributed by atoms with Crippen LogP contribution in [0.15, 0.2) is 40.9 Å². The van der Waals surface area contributed by atoms with Crippen LogP contribution < -0.4 is 9.47 Å². The van der Waals surface area contributed by atoms with Gasteiger partial charge in [0.2, 0.25) is 0 Å². The Bertz CT molecular complexity index is 1250. The summed E-state index contributed by atoms with van der Waals surface area (Å²) in [4.78, 5) is 30.5. The number of aromatic nitrogens is 1. The maximum absolute atomic E-state index is 13.0. The molecular weight excluding hydrogens is 526 g/mol. The van der Waals surface area contributed by atoms with Crippen molar-refractivity contribution in [1.29, 1.82) is 0 Å². The Morgan fingerprint density at radius 3 is 2.06 bits per heavy atom. The van der Waals surface area contributed by atoms with E-state index in [2.05, 4.69) is 27.0 Å². The van der Waals surface area contributed by atoms with Crippen LogP contribution in [0.3, 0.4) is 0 Å². The highest BCUT2D eigenvalue weighted by molar-refractivity contribution is 9.10. The summed E-state index contributed by atoms with van der Waals surface area (Å²) in [6.07, 6.45) is 0. The number of halogens is 1. The fraction of sp³-hybridized carbons (Fsp3) is 0.321. The number of esters is 2. The fourth-order valence-electron chi connectivity index (χ4n) is 4.01. The predicted octanol–water partition coefficient (Wildman–Crippen LogP) is 6.38. The van der Waals surface area contributed by atoms with Gasteiger partial charge in [0.05, 0.1) is 47.3 Å². The highest BCUT2D eigenvalue weighted by Crippen LogP contribution is 2.42. The second-order valence-electron chi connectivity index (χ2n) is 8.12. The van der Waals surface area contributed by atoms with Crippen LogP contribution in [0.4, 0.5) is 0 Å². The first-order chi connectivity index (χ1) is 17.2. The number of hydrogen-bond donors (Lipinski definition) is 0. The van der Waals surface area contributed by atoms with Crippen molar-refractivity contribution < 1.29 is 28.5 Å². The number of benzene rings is 2. The summed E-state index contributed by atoms with van der Waals surface area (Å²) in [7, 11) is 1.53. The van der Waals surface area contributed by atoms with E-state index in [0.29, 0.717) is 45.1 Å². The number of carbonyl (C=O) groups excluding carboxylic acids is 2. The van der Waals surface area contributed by atoms with Gasteiger partial charge in [0.15, 0.2) is 11.5 Å². The van der Waals surface area contributed by atoms with Crippen LogP contribution in [0, 0.1) is 20.8 Å². The van der Waals surface area contributed by atoms with Crippen LogP contribution in [0.1, 0.15) is 57.1 Å². The first-order valence-electron chi connectivity index (χ1n) is 11.6. The van der Waals surface area contributed by atoms with Gasteiger partial charge in [0.25, 0.3) is 0 Å². The third-order valence-electron chi connectivity index (χ3n) is 5.50. The molecule has 190 valence electrons. The number of hydrogen-bond acceptors (Lipinski definition) is 7. The summed E-state index contributed by atoms with van der Waals surface area (Å²) >= 11 is 3.59. The minimum atomic E-state index is -0.571. The SMILES string of the molecule is CCOC(=O)c1c(C)nc(C)c(C(=O)OCC)c1-c1cc(Br)c(OCc2cccc(C)c2)c(OC)c1. The summed E-state index contributed by atoms with van der Waals surface area (Å²) in [6.45, 7) is 9.59. The van der Waals surface area contributed by atoms with Gasteiger partial charge in [-0.2, -0.15) is 0 Å². The van der Waals surface area contributed by atoms with Crippen LogP contribution in [0.5, 0.6) is 11.5 Å². The van der Waals surface area contributed by atoms with E-state index in [4.69, 9.17) is 18.9 Å². The van der Waals surface area contributed by atoms with Crippen molar-refractivity contribution in [2.75, 3.05) is 20.3 Å². The summed E-state index contributed by atoms with van der Waals surface area (Å²) in [5.41, 5.74) is 4.39. The van der Waals surface area contributed by atoms with Crippen LogP contribution in [-0.2, 0) is 16.1 Å². The quantitative estimate of drug-likeness (QED) is 0.283. The van der Waals surface area contributed by atoms with Crippen LogP contribution in [0.25, 0.3) is 11.1 Å². The molecule has 0 aliphatic heterocycles. The minimum Gasteiger partial charge on any atom is -0.493 e. The van der Waals surface area contributed by atoms with Crippen molar-refractivity contribution in [3.63, 3.8) is 0 Å². The van der Waals surface area contributed by atoms with Gasteiger partial charge in [-0.1, -0.05) is 29.8 Å². The van der Waals surface area contributed by atoms with E-state index >= 15 is 0 Å². The third-order valence-corrected chi connectivity index (χ3v) is 6.09. The highest BCUT2D eigenvalue weighted by Gasteiger charge is 2.29. The van der Waals surface area contributed by atoms with Gasteiger partial charge in [-0.05, 0) is 73.8 Å². The number of rotatable bonds is 9. The molecule has 0 aliphatic carbocycles. The van der Waals surface area contributed by atoms with Gasteiger partial charge in [-0.25, -0.2) is 9.59 Å². The molecule has 0 fully saturated rings. The number of aryl methyl sites for hydroxylation is 3. The van der Waals surface area contributed by atoms with E-state index in [0.717, 1.165) is 11.1 Å². The van der Waals surface area contributed by atoms with E-state index in [9.17, 15) is 9.59 Å². The predicted molar refractivity (Wildman–Crippen MR) is 141 cm³/mol. The van der Waals surface area contributed by atoms with Crippen LogP contribution >= 0.6 is 15.9 Å². The number of methoxy groups -OCH3 is 1. The number of nitrogens with zero attached hydrogens (tertiary/aromatic N) is 1. The minimum absolute atomic E-state index is 0.180. The molecule has 2 aromatic carbocycles. The Labute approximate surface area is 219 Å². The van der Waals surface area contributed by atoms with E-state index in [1.165, 1.54) is 7.11 Å². The molecule has 0 saturated heterocycles. The fourth-order valence-corrected chi connectivity index (χ4v) is 4.56. The van der Waals surface area contributed by atoms with Crippen molar-refractivity contribution in [1.82, 2.24) is 4.98 Å². The topological polar surface area (TPSA) is 84.0 Å². The Kier molecular flexibility index (Phi) is 9.09. The van der Waals surface area contributed by atoms with Crippen LogP contribution in [0.2, 0.25) is 0 Å². The molecule has 36 heavy (non-hydrogen) atoms. The molecule has 8 heteroatoms. The number of ether oxygens (including phenoxy) is 4. The van der Waals surface area contributed by atoms with Crippen LogP contribution in [-0.4, -0.2) is 37.2 Å². The first-order valence-corrected chi connectivity index (χ1v) is 12.4. The summed E-state index contributed by atoms with van der Waals surface area (Å²) in [6, 6.07) is 11.6. The molecule has 3 rings (SSSR count). The van der Waals surface area contributed by atoms with E-state index in [1.54, 1.807) is 39.8 Å². The Hall–Kier alpha value is -3.39. The van der Waals surface area contributed by atoms with E-state index < -0.39 is 11.9 Å². The van der Waals surface area contributed by atoms with Crippen molar-refractivity contribution >= 4 is 27.9 Å². The molecule has 0 unspecified atom stereocenters. The second-order valence-corrected chi connectivity index (χ2v) is 8.97. The summed E-state index contributed by atoms with van der Waals surface area (Å²) < 4.78 is 23.0. The molecular formula is C28H30BrNO6. The van der Waals surface area contributed by atoms with Gasteiger partial charge < -0.3 is 18.9 Å². The smallest absolute Gasteiger partial charge is 0.340 e. The van der Waals surface area contributed by atoms with E-state index in [1.807, 2.05) is 25.1 Å². The van der Waals surface area contributed by atoms with Crippen molar-refractivity contribution in [2.45, 2.75) is 41.2 Å². The zero-order valence-corrected chi connectivity index (χ0v) is 22.9. The average Bonchev–Trinajstić information content (AvgIpc) is 2.82. The lowest BCUT2D eigenvalue weighted by Gasteiger charge is -2.20. The second kappa shape index (κ2) is 12.0. The molecule has 0 N–H and O–H groups in total. The molecule has 0 aliphatic rings. The molecule has 0 amide bonds. The summed E-state index contributed by atoms with van der Waals surface area (Å²) in [5.74, 6) is -0.208. The van der Waals surface area contributed by atoms with Crippen molar-refractivity contribution in [3.8, 4) is 22.6 Å². The lowest BCUT2D eigenvalue weighted by Crippen LogP contribution is -2.17. The average molecular weight is 556 g/mol. The Morgan fingerprint density at radius 1 is 0.917 bits per heavy atom. The number of pyridine rings is 1. The molecule has 0 atom stereocenters. The van der Waals surface area contributed by atoms with Crippen molar-refractivity contribution in [2.24, 2.45) is 0 Å². The molecule has 0 bridgehead atoms. The molecule has 0 radical (unpaired) electrons. The first kappa shape index (κ1) is 27.2. The van der Waals surface area contributed by atoms with Gasteiger partial charge in [0, 0.05) is 5.56 Å². The van der Waals surface area contributed by atoms with E-state index in [-0.39, 0.29) is 24.3 Å². The zero-order valence-electron chi connectivity index (χ0n) is 21.4. The third kappa shape index (κ3) is 5.87. The molecule has 1 heterocycles. The monoisotopic (exact) mass is 555 g/mol. The van der Waals surface area contributed by atoms with Gasteiger partial charge in [-0.3, -0.25) is 4.98 Å². The lowest BCUT2D eigenvalue weighted by atomic mass is 9.92. The van der Waals surface area contributed by atoms with Gasteiger partial charge in [-0.15, -0.1) is 0 Å².